The second-order valence-corrected chi connectivity index (χ2v) is 7.43. The summed E-state index contributed by atoms with van der Waals surface area (Å²) in [6.45, 7) is 9.99. The number of hydrogen-bond acceptors (Lipinski definition) is 2. The van der Waals surface area contributed by atoms with Gasteiger partial charge in [0.05, 0.1) is 4.75 Å². The van der Waals surface area contributed by atoms with Gasteiger partial charge in [0.25, 0.3) is 0 Å². The Morgan fingerprint density at radius 2 is 1.65 bits per heavy atom. The normalized spacial score (nSPS) is 18.4. The van der Waals surface area contributed by atoms with Crippen LogP contribution in [0, 0.1) is 0 Å². The van der Waals surface area contributed by atoms with Crippen molar-refractivity contribution in [1.29, 1.82) is 0 Å². The molecule has 0 aromatic heterocycles. The lowest BCUT2D eigenvalue weighted by Gasteiger charge is -2.25. The Balaban J connectivity index is 0. The highest BCUT2D eigenvalue weighted by Crippen LogP contribution is 2.52. The first-order chi connectivity index (χ1) is 12.7. The van der Waals surface area contributed by atoms with E-state index in [0.717, 1.165) is 30.6 Å². The zero-order valence-corrected chi connectivity index (χ0v) is 19.9. The average Bonchev–Trinajstić information content (AvgIpc) is 3.49. The van der Waals surface area contributed by atoms with E-state index < -0.39 is 0 Å². The molecule has 0 bridgehead atoms. The van der Waals surface area contributed by atoms with Crippen LogP contribution in [0.25, 0.3) is 0 Å². The maximum Gasteiger partial charge on any atom is 0.236 e. The average molecular weight is 425 g/mol. The van der Waals surface area contributed by atoms with Gasteiger partial charge in [0.15, 0.2) is 0 Å². The third-order valence-electron chi connectivity index (χ3n) is 3.98. The molecule has 0 aliphatic heterocycles. The van der Waals surface area contributed by atoms with Crippen molar-refractivity contribution in [3.63, 3.8) is 0 Å². The molecule has 0 heterocycles. The molecule has 0 spiro atoms. The van der Waals surface area contributed by atoms with Gasteiger partial charge in [-0.15, -0.1) is 35.0 Å². The summed E-state index contributed by atoms with van der Waals surface area (Å²) in [6, 6.07) is 0.400. The third-order valence-corrected chi connectivity index (χ3v) is 5.66. The Hall–Kier alpha value is -0.120. The Kier molecular flexibility index (Phi) is 19.7. The van der Waals surface area contributed by atoms with Crippen molar-refractivity contribution in [1.82, 2.24) is 5.32 Å². The quantitative estimate of drug-likeness (QED) is 0.358. The number of hydrogen-bond donors (Lipinski definition) is 1. The molecule has 0 saturated heterocycles. The molecule has 2 saturated carbocycles. The first-order valence-corrected chi connectivity index (χ1v) is 12.1. The molecule has 2 aliphatic rings. The summed E-state index contributed by atoms with van der Waals surface area (Å²) in [5, 5.41) is 3.27. The van der Waals surface area contributed by atoms with Crippen LogP contribution in [0.1, 0.15) is 79.6 Å². The van der Waals surface area contributed by atoms with Gasteiger partial charge in [-0.05, 0) is 32.6 Å². The predicted molar refractivity (Wildman–Crippen MR) is 123 cm³/mol. The fourth-order valence-corrected chi connectivity index (χ4v) is 4.20. The first-order valence-electron chi connectivity index (χ1n) is 9.97. The van der Waals surface area contributed by atoms with Crippen molar-refractivity contribution in [3.8, 4) is 0 Å². The monoisotopic (exact) mass is 423 g/mol. The van der Waals surface area contributed by atoms with Crippen LogP contribution in [0.3, 0.4) is 0 Å². The lowest BCUT2D eigenvalue weighted by molar-refractivity contribution is -0.122. The molecule has 2 aliphatic carbocycles. The van der Waals surface area contributed by atoms with Crippen LogP contribution in [0.2, 0.25) is 0 Å². The molecule has 5 heteroatoms. The van der Waals surface area contributed by atoms with Gasteiger partial charge < -0.3 is 5.32 Å². The van der Waals surface area contributed by atoms with Crippen LogP contribution in [-0.2, 0) is 4.79 Å². The summed E-state index contributed by atoms with van der Waals surface area (Å²) in [5.74, 6) is 0.729. The highest BCUT2D eigenvalue weighted by atomic mass is 35.5. The molecule has 154 valence electrons. The second kappa shape index (κ2) is 18.3. The van der Waals surface area contributed by atoms with Crippen molar-refractivity contribution < 1.29 is 4.79 Å². The molecule has 0 aromatic carbocycles. The summed E-state index contributed by atoms with van der Waals surface area (Å²) in [7, 11) is 0. The fraction of sp³-hybridized carbons (Fsp3) is 0.762. The molecule has 2 rings (SSSR count). The number of allylic oxidation sites excluding steroid dienone is 3. The number of alkyl halides is 2. The van der Waals surface area contributed by atoms with Crippen molar-refractivity contribution >= 4 is 40.9 Å². The summed E-state index contributed by atoms with van der Waals surface area (Å²) < 4.78 is -0.227. The standard InChI is InChI=1S/C16H24ClNOS.2C2H6.CH3Cl/c1-2-6-14(9-12-17)20-16(10-11-16)15(19)18-13-7-4-3-5-8-13;3*1-2/h2,6,9,13H,3-5,7-8,10-12H2,1H3,(H,18,19);2*1-2H3;1H3/b6-2-,14-9+;;;. The van der Waals surface area contributed by atoms with Crippen LogP contribution in [0.4, 0.5) is 0 Å². The minimum Gasteiger partial charge on any atom is -0.352 e. The molecule has 0 aromatic rings. The topological polar surface area (TPSA) is 29.1 Å². The van der Waals surface area contributed by atoms with E-state index in [1.54, 1.807) is 11.8 Å². The number of halogens is 2. The van der Waals surface area contributed by atoms with E-state index in [1.807, 2.05) is 52.8 Å². The molecule has 0 radical (unpaired) electrons. The van der Waals surface area contributed by atoms with Gasteiger partial charge in [-0.1, -0.05) is 65.2 Å². The lowest BCUT2D eigenvalue weighted by Crippen LogP contribution is -2.42. The number of rotatable bonds is 6. The lowest BCUT2D eigenvalue weighted by atomic mass is 9.95. The SMILES string of the molecule is C/C=C\C(=C/CCl)SC1(C(=O)NC2CCCCC2)CC1.CC.CC.CCl. The van der Waals surface area contributed by atoms with Crippen LogP contribution in [0.5, 0.6) is 0 Å². The molecule has 1 N–H and O–H groups in total. The molecule has 0 atom stereocenters. The van der Waals surface area contributed by atoms with E-state index in [0.29, 0.717) is 11.9 Å². The Bertz CT molecular complexity index is 401. The molecule has 2 nitrogen and oxygen atoms in total. The van der Waals surface area contributed by atoms with E-state index in [2.05, 4.69) is 16.9 Å². The molecule has 1 amide bonds. The molecule has 2 fully saturated rings. The van der Waals surface area contributed by atoms with Gasteiger partial charge in [0.2, 0.25) is 5.91 Å². The highest BCUT2D eigenvalue weighted by Gasteiger charge is 2.51. The van der Waals surface area contributed by atoms with Crippen molar-refractivity contribution in [2.24, 2.45) is 0 Å². The summed E-state index contributed by atoms with van der Waals surface area (Å²) in [4.78, 5) is 13.6. The highest BCUT2D eigenvalue weighted by molar-refractivity contribution is 8.05. The summed E-state index contributed by atoms with van der Waals surface area (Å²) >= 11 is 12.1. The fourth-order valence-electron chi connectivity index (χ4n) is 2.66. The number of carbonyl (C=O) groups is 1. The van der Waals surface area contributed by atoms with E-state index in [9.17, 15) is 4.79 Å². The van der Waals surface area contributed by atoms with Crippen LogP contribution < -0.4 is 5.32 Å². The minimum absolute atomic E-state index is 0.227. The zero-order valence-electron chi connectivity index (χ0n) is 17.5. The van der Waals surface area contributed by atoms with Gasteiger partial charge in [-0.25, -0.2) is 0 Å². The van der Waals surface area contributed by atoms with Crippen LogP contribution in [0.15, 0.2) is 23.1 Å². The molecular weight excluding hydrogens is 385 g/mol. The number of nitrogens with one attached hydrogen (secondary N) is 1. The predicted octanol–water partition coefficient (Wildman–Crippen LogP) is 7.31. The van der Waals surface area contributed by atoms with Crippen molar-refractivity contribution in [2.45, 2.75) is 90.4 Å². The van der Waals surface area contributed by atoms with Gasteiger partial charge in [-0.2, -0.15) is 0 Å². The van der Waals surface area contributed by atoms with Crippen molar-refractivity contribution in [3.05, 3.63) is 23.1 Å². The van der Waals surface area contributed by atoms with Crippen molar-refractivity contribution in [2.75, 3.05) is 12.3 Å². The minimum atomic E-state index is -0.227. The second-order valence-electron chi connectivity index (χ2n) is 5.67. The van der Waals surface area contributed by atoms with E-state index >= 15 is 0 Å². The number of carbonyl (C=O) groups excluding carboxylic acids is 1. The van der Waals surface area contributed by atoms with Gasteiger partial charge in [0, 0.05) is 23.2 Å². The summed E-state index contributed by atoms with van der Waals surface area (Å²) in [5.41, 5.74) is 0. The van der Waals surface area contributed by atoms with Crippen LogP contribution in [-0.4, -0.2) is 29.0 Å². The third kappa shape index (κ3) is 10.9. The van der Waals surface area contributed by atoms with Gasteiger partial charge in [-0.3, -0.25) is 4.79 Å². The number of thioether (sulfide) groups is 1. The molecular formula is C21H39Cl2NOS. The molecule has 26 heavy (non-hydrogen) atoms. The number of amides is 1. The smallest absolute Gasteiger partial charge is 0.236 e. The first kappa shape index (κ1) is 28.1. The van der Waals surface area contributed by atoms with E-state index in [4.69, 9.17) is 11.6 Å². The largest absolute Gasteiger partial charge is 0.352 e. The van der Waals surface area contributed by atoms with Gasteiger partial charge in [0.1, 0.15) is 0 Å². The maximum atomic E-state index is 12.5. The molecule has 0 unspecified atom stereocenters. The Morgan fingerprint density at radius 3 is 2.08 bits per heavy atom. The zero-order chi connectivity index (χ0) is 20.4. The van der Waals surface area contributed by atoms with E-state index in [-0.39, 0.29) is 10.7 Å². The Labute approximate surface area is 176 Å². The van der Waals surface area contributed by atoms with Crippen LogP contribution >= 0.6 is 35.0 Å². The van der Waals surface area contributed by atoms with Gasteiger partial charge >= 0.3 is 0 Å². The van der Waals surface area contributed by atoms with E-state index in [1.165, 1.54) is 25.6 Å². The summed E-state index contributed by atoms with van der Waals surface area (Å²) in [6.07, 6.45) is 15.6. The maximum absolute atomic E-state index is 12.5. The Morgan fingerprint density at radius 1 is 1.12 bits per heavy atom.